The third-order valence-electron chi connectivity index (χ3n) is 1.51. The van der Waals surface area contributed by atoms with E-state index in [0.717, 1.165) is 6.54 Å². The highest BCUT2D eigenvalue weighted by Crippen LogP contribution is 2.07. The van der Waals surface area contributed by atoms with Gasteiger partial charge in [-0.15, -0.1) is 0 Å². The van der Waals surface area contributed by atoms with Crippen LogP contribution in [-0.2, 0) is 0 Å². The molecule has 0 aliphatic carbocycles. The summed E-state index contributed by atoms with van der Waals surface area (Å²) in [6.45, 7) is 1.45. The third-order valence-corrected chi connectivity index (χ3v) is 1.51. The van der Waals surface area contributed by atoms with Crippen LogP contribution in [0.15, 0.2) is 12.4 Å². The van der Waals surface area contributed by atoms with Crippen LogP contribution in [0.1, 0.15) is 0 Å². The highest BCUT2D eigenvalue weighted by atomic mass is 16.6. The lowest BCUT2D eigenvalue weighted by molar-refractivity contribution is -0.385. The first-order chi connectivity index (χ1) is 6.74. The van der Waals surface area contributed by atoms with Gasteiger partial charge < -0.3 is 10.6 Å². The largest absolute Gasteiger partial charge is 0.353 e. The number of hydrogen-bond acceptors (Lipinski definition) is 6. The molecule has 7 nitrogen and oxygen atoms in total. The molecule has 0 radical (unpaired) electrons. The van der Waals surface area contributed by atoms with Gasteiger partial charge in [-0.25, -0.2) is 9.97 Å². The van der Waals surface area contributed by atoms with Gasteiger partial charge in [0, 0.05) is 13.1 Å². The number of nitrogens with one attached hydrogen (secondary N) is 2. The number of aromatic nitrogens is 2. The zero-order valence-corrected chi connectivity index (χ0v) is 7.73. The highest BCUT2D eigenvalue weighted by Gasteiger charge is 2.05. The van der Waals surface area contributed by atoms with Gasteiger partial charge in [0.25, 0.3) is 0 Å². The SMILES string of the molecule is CNCCNc1ncc([N+](=O)[O-])cn1. The van der Waals surface area contributed by atoms with E-state index in [2.05, 4.69) is 20.6 Å². The molecule has 2 N–H and O–H groups in total. The van der Waals surface area contributed by atoms with Gasteiger partial charge >= 0.3 is 5.69 Å². The van der Waals surface area contributed by atoms with Gasteiger partial charge in [-0.3, -0.25) is 10.1 Å². The van der Waals surface area contributed by atoms with Crippen molar-refractivity contribution in [1.29, 1.82) is 0 Å². The van der Waals surface area contributed by atoms with Crippen molar-refractivity contribution in [3.63, 3.8) is 0 Å². The third kappa shape index (κ3) is 2.94. The molecular formula is C7H11N5O2. The van der Waals surface area contributed by atoms with E-state index >= 15 is 0 Å². The molecule has 0 unspecified atom stereocenters. The molecule has 7 heteroatoms. The van der Waals surface area contributed by atoms with Gasteiger partial charge in [-0.05, 0) is 7.05 Å². The van der Waals surface area contributed by atoms with Crippen molar-refractivity contribution < 1.29 is 4.92 Å². The lowest BCUT2D eigenvalue weighted by Crippen LogP contribution is -2.18. The monoisotopic (exact) mass is 197 g/mol. The molecule has 0 fully saturated rings. The van der Waals surface area contributed by atoms with Crippen LogP contribution in [0.4, 0.5) is 11.6 Å². The number of rotatable bonds is 5. The molecule has 1 heterocycles. The van der Waals surface area contributed by atoms with Crippen LogP contribution >= 0.6 is 0 Å². The maximum atomic E-state index is 10.3. The van der Waals surface area contributed by atoms with Crippen LogP contribution < -0.4 is 10.6 Å². The maximum absolute atomic E-state index is 10.3. The summed E-state index contributed by atoms with van der Waals surface area (Å²) < 4.78 is 0. The minimum Gasteiger partial charge on any atom is -0.353 e. The van der Waals surface area contributed by atoms with E-state index in [1.54, 1.807) is 0 Å². The van der Waals surface area contributed by atoms with Crippen molar-refractivity contribution in [2.45, 2.75) is 0 Å². The highest BCUT2D eigenvalue weighted by molar-refractivity contribution is 5.30. The molecule has 76 valence electrons. The molecule has 0 bridgehead atoms. The number of nitro groups is 1. The Labute approximate surface area is 80.7 Å². The zero-order chi connectivity index (χ0) is 10.4. The van der Waals surface area contributed by atoms with Gasteiger partial charge in [-0.2, -0.15) is 0 Å². The molecule has 0 aliphatic heterocycles. The van der Waals surface area contributed by atoms with E-state index in [4.69, 9.17) is 0 Å². The molecule has 0 amide bonds. The fraction of sp³-hybridized carbons (Fsp3) is 0.429. The molecule has 0 saturated heterocycles. The maximum Gasteiger partial charge on any atom is 0.305 e. The van der Waals surface area contributed by atoms with Crippen LogP contribution in [0.25, 0.3) is 0 Å². The number of hydrogen-bond donors (Lipinski definition) is 2. The number of anilines is 1. The molecule has 0 atom stereocenters. The van der Waals surface area contributed by atoms with Gasteiger partial charge in [0.15, 0.2) is 0 Å². The summed E-state index contributed by atoms with van der Waals surface area (Å²) in [5.41, 5.74) is -0.107. The summed E-state index contributed by atoms with van der Waals surface area (Å²) in [6.07, 6.45) is 2.35. The first-order valence-corrected chi connectivity index (χ1v) is 4.09. The Hall–Kier alpha value is -1.76. The normalized spacial score (nSPS) is 9.79. The van der Waals surface area contributed by atoms with Crippen LogP contribution in [0, 0.1) is 10.1 Å². The van der Waals surface area contributed by atoms with Gasteiger partial charge in [0.1, 0.15) is 12.4 Å². The van der Waals surface area contributed by atoms with Gasteiger partial charge in [0.05, 0.1) is 4.92 Å². The van der Waals surface area contributed by atoms with Gasteiger partial charge in [-0.1, -0.05) is 0 Å². The van der Waals surface area contributed by atoms with Crippen LogP contribution in [-0.4, -0.2) is 35.0 Å². The van der Waals surface area contributed by atoms with Crippen molar-refractivity contribution in [3.8, 4) is 0 Å². The molecule has 1 aromatic rings. The molecule has 14 heavy (non-hydrogen) atoms. The fourth-order valence-electron chi connectivity index (χ4n) is 0.806. The molecule has 0 saturated carbocycles. The van der Waals surface area contributed by atoms with Crippen molar-refractivity contribution >= 4 is 11.6 Å². The smallest absolute Gasteiger partial charge is 0.305 e. The fourth-order valence-corrected chi connectivity index (χ4v) is 0.806. The van der Waals surface area contributed by atoms with Crippen molar-refractivity contribution in [3.05, 3.63) is 22.5 Å². The van der Waals surface area contributed by atoms with Crippen LogP contribution in [0.2, 0.25) is 0 Å². The van der Waals surface area contributed by atoms with Gasteiger partial charge in [0.2, 0.25) is 5.95 Å². The Morgan fingerprint density at radius 3 is 2.57 bits per heavy atom. The quantitative estimate of drug-likeness (QED) is 0.392. The summed E-state index contributed by atoms with van der Waals surface area (Å²) >= 11 is 0. The van der Waals surface area contributed by atoms with E-state index in [0.29, 0.717) is 12.5 Å². The average Bonchev–Trinajstić information content (AvgIpc) is 2.19. The molecule has 0 aromatic carbocycles. The molecule has 1 rings (SSSR count). The first-order valence-electron chi connectivity index (χ1n) is 4.09. The van der Waals surface area contributed by atoms with E-state index in [1.165, 1.54) is 12.4 Å². The summed E-state index contributed by atoms with van der Waals surface area (Å²) in [5.74, 6) is 0.394. The Morgan fingerprint density at radius 1 is 1.43 bits per heavy atom. The van der Waals surface area contributed by atoms with Crippen LogP contribution in [0.5, 0.6) is 0 Å². The van der Waals surface area contributed by atoms with E-state index in [-0.39, 0.29) is 5.69 Å². The minimum atomic E-state index is -0.530. The predicted molar refractivity (Wildman–Crippen MR) is 51.1 cm³/mol. The molecule has 0 aliphatic rings. The van der Waals surface area contributed by atoms with Crippen molar-refractivity contribution in [2.24, 2.45) is 0 Å². The first kappa shape index (κ1) is 10.3. The number of nitrogens with zero attached hydrogens (tertiary/aromatic N) is 3. The zero-order valence-electron chi connectivity index (χ0n) is 7.73. The summed E-state index contributed by atoms with van der Waals surface area (Å²) in [5, 5.41) is 16.1. The second-order valence-electron chi connectivity index (χ2n) is 2.55. The van der Waals surface area contributed by atoms with E-state index in [1.807, 2.05) is 7.05 Å². The molecular weight excluding hydrogens is 186 g/mol. The Morgan fingerprint density at radius 2 is 2.07 bits per heavy atom. The second-order valence-corrected chi connectivity index (χ2v) is 2.55. The number of likely N-dealkylation sites (N-methyl/N-ethyl adjacent to an activating group) is 1. The van der Waals surface area contributed by atoms with E-state index in [9.17, 15) is 10.1 Å². The van der Waals surface area contributed by atoms with E-state index < -0.39 is 4.92 Å². The average molecular weight is 197 g/mol. The lowest BCUT2D eigenvalue weighted by atomic mass is 10.5. The summed E-state index contributed by atoms with van der Waals surface area (Å²) in [6, 6.07) is 0. The Bertz CT molecular complexity index is 299. The molecule has 1 aromatic heterocycles. The standard InChI is InChI=1S/C7H11N5O2/c1-8-2-3-9-7-10-4-6(5-11-7)12(13)14/h4-5,8H,2-3H2,1H3,(H,9,10,11). The van der Waals surface area contributed by atoms with Crippen molar-refractivity contribution in [2.75, 3.05) is 25.5 Å². The lowest BCUT2D eigenvalue weighted by Gasteiger charge is -2.02. The summed E-state index contributed by atoms with van der Waals surface area (Å²) in [4.78, 5) is 17.3. The van der Waals surface area contributed by atoms with Crippen molar-refractivity contribution in [1.82, 2.24) is 15.3 Å². The van der Waals surface area contributed by atoms with Crippen LogP contribution in [0.3, 0.4) is 0 Å². The topological polar surface area (TPSA) is 93.0 Å². The molecule has 0 spiro atoms. The predicted octanol–water partition coefficient (Wildman–Crippen LogP) is 0.0161. The Kier molecular flexibility index (Phi) is 3.74. The minimum absolute atomic E-state index is 0.107. The summed E-state index contributed by atoms with van der Waals surface area (Å²) in [7, 11) is 1.83. The Balaban J connectivity index is 2.51. The second kappa shape index (κ2) is 5.07.